The topological polar surface area (TPSA) is 12.0 Å². The van der Waals surface area contributed by atoms with Crippen molar-refractivity contribution in [3.05, 3.63) is 57.0 Å². The molecule has 0 radical (unpaired) electrons. The third-order valence-electron chi connectivity index (χ3n) is 4.23. The molecule has 1 aliphatic rings. The molecule has 0 saturated heterocycles. The van der Waals surface area contributed by atoms with E-state index in [1.807, 2.05) is 6.07 Å². The lowest BCUT2D eigenvalue weighted by Crippen LogP contribution is -2.26. The summed E-state index contributed by atoms with van der Waals surface area (Å²) in [6.07, 6.45) is 5.21. The molecular formula is C17H19ClFNS. The molecule has 1 unspecified atom stereocenters. The van der Waals surface area contributed by atoms with E-state index >= 15 is 0 Å². The highest BCUT2D eigenvalue weighted by Crippen LogP contribution is 2.37. The lowest BCUT2D eigenvalue weighted by Gasteiger charge is -2.24. The van der Waals surface area contributed by atoms with Gasteiger partial charge in [0.2, 0.25) is 0 Å². The highest BCUT2D eigenvalue weighted by molar-refractivity contribution is 7.10. The van der Waals surface area contributed by atoms with Crippen LogP contribution in [-0.2, 0) is 6.54 Å². The van der Waals surface area contributed by atoms with Crippen LogP contribution in [0.3, 0.4) is 0 Å². The Morgan fingerprint density at radius 2 is 2.10 bits per heavy atom. The molecule has 3 rings (SSSR count). The van der Waals surface area contributed by atoms with Crippen LogP contribution in [0.15, 0.2) is 35.7 Å². The fourth-order valence-electron chi connectivity index (χ4n) is 3.14. The normalized spacial score (nSPS) is 17.2. The molecule has 0 spiro atoms. The first-order valence-corrected chi connectivity index (χ1v) is 8.70. The number of hydrogen-bond donors (Lipinski definition) is 1. The lowest BCUT2D eigenvalue weighted by molar-refractivity contribution is 0.370. The zero-order valence-electron chi connectivity index (χ0n) is 11.8. The van der Waals surface area contributed by atoms with Gasteiger partial charge in [-0.15, -0.1) is 11.3 Å². The Morgan fingerprint density at radius 3 is 2.76 bits per heavy atom. The van der Waals surface area contributed by atoms with Crippen molar-refractivity contribution in [3.8, 4) is 0 Å². The summed E-state index contributed by atoms with van der Waals surface area (Å²) in [7, 11) is 0. The molecule has 0 aliphatic heterocycles. The second kappa shape index (κ2) is 6.91. The molecule has 1 fully saturated rings. The van der Waals surface area contributed by atoms with Crippen LogP contribution in [0.4, 0.5) is 4.39 Å². The maximum Gasteiger partial charge on any atom is 0.142 e. The van der Waals surface area contributed by atoms with Crippen molar-refractivity contribution in [1.82, 2.24) is 5.32 Å². The summed E-state index contributed by atoms with van der Waals surface area (Å²) in [6.45, 7) is 0.674. The number of halogens is 2. The van der Waals surface area contributed by atoms with E-state index in [1.54, 1.807) is 17.4 Å². The Kier molecular flexibility index (Phi) is 4.94. The van der Waals surface area contributed by atoms with Crippen LogP contribution in [-0.4, -0.2) is 0 Å². The van der Waals surface area contributed by atoms with Crippen molar-refractivity contribution < 1.29 is 4.39 Å². The number of nitrogens with one attached hydrogen (secondary N) is 1. The Morgan fingerprint density at radius 1 is 1.29 bits per heavy atom. The summed E-state index contributed by atoms with van der Waals surface area (Å²) in [4.78, 5) is 1.39. The number of thiophene rings is 1. The van der Waals surface area contributed by atoms with Gasteiger partial charge in [-0.2, -0.15) is 0 Å². The van der Waals surface area contributed by atoms with E-state index in [2.05, 4.69) is 22.8 Å². The maximum absolute atomic E-state index is 13.5. The van der Waals surface area contributed by atoms with E-state index in [1.165, 1.54) is 36.6 Å². The van der Waals surface area contributed by atoms with Gasteiger partial charge in [0, 0.05) is 17.5 Å². The van der Waals surface area contributed by atoms with Gasteiger partial charge in [0.05, 0.1) is 5.02 Å². The highest BCUT2D eigenvalue weighted by atomic mass is 35.5. The lowest BCUT2D eigenvalue weighted by atomic mass is 9.96. The first-order valence-electron chi connectivity index (χ1n) is 7.45. The van der Waals surface area contributed by atoms with Crippen molar-refractivity contribution in [2.24, 2.45) is 5.92 Å². The van der Waals surface area contributed by atoms with Crippen LogP contribution in [0, 0.1) is 11.7 Å². The first-order chi connectivity index (χ1) is 10.2. The minimum absolute atomic E-state index is 0.185. The van der Waals surface area contributed by atoms with Gasteiger partial charge in [-0.3, -0.25) is 0 Å². The number of benzene rings is 1. The van der Waals surface area contributed by atoms with E-state index in [4.69, 9.17) is 11.6 Å². The molecule has 0 bridgehead atoms. The molecule has 1 aromatic heterocycles. The van der Waals surface area contributed by atoms with Crippen LogP contribution in [0.5, 0.6) is 0 Å². The molecule has 112 valence electrons. The molecule has 1 N–H and O–H groups in total. The third-order valence-corrected chi connectivity index (χ3v) is 5.49. The van der Waals surface area contributed by atoms with Gasteiger partial charge in [0.1, 0.15) is 5.82 Å². The van der Waals surface area contributed by atoms with E-state index in [9.17, 15) is 4.39 Å². The van der Waals surface area contributed by atoms with Gasteiger partial charge < -0.3 is 5.32 Å². The highest BCUT2D eigenvalue weighted by Gasteiger charge is 2.26. The predicted molar refractivity (Wildman–Crippen MR) is 87.3 cm³/mol. The molecular weight excluding hydrogens is 305 g/mol. The fraction of sp³-hybridized carbons (Fsp3) is 0.412. The Balaban J connectivity index is 1.71. The largest absolute Gasteiger partial charge is 0.305 e. The zero-order valence-corrected chi connectivity index (χ0v) is 13.4. The van der Waals surface area contributed by atoms with Crippen molar-refractivity contribution in [2.75, 3.05) is 0 Å². The average Bonchev–Trinajstić information content (AvgIpc) is 3.16. The molecule has 2 aromatic rings. The molecule has 1 aromatic carbocycles. The van der Waals surface area contributed by atoms with E-state index in [0.29, 0.717) is 18.5 Å². The van der Waals surface area contributed by atoms with Crippen LogP contribution >= 0.6 is 22.9 Å². The minimum atomic E-state index is -0.343. The average molecular weight is 324 g/mol. The van der Waals surface area contributed by atoms with Gasteiger partial charge in [-0.05, 0) is 47.9 Å². The molecule has 1 saturated carbocycles. The quantitative estimate of drug-likeness (QED) is 0.759. The fourth-order valence-corrected chi connectivity index (χ4v) is 4.15. The zero-order chi connectivity index (χ0) is 14.7. The molecule has 1 heterocycles. The van der Waals surface area contributed by atoms with Gasteiger partial charge in [-0.25, -0.2) is 4.39 Å². The summed E-state index contributed by atoms with van der Waals surface area (Å²) >= 11 is 7.54. The second-order valence-corrected chi connectivity index (χ2v) is 7.05. The van der Waals surface area contributed by atoms with Crippen LogP contribution in [0.25, 0.3) is 0 Å². The van der Waals surface area contributed by atoms with E-state index < -0.39 is 0 Å². The minimum Gasteiger partial charge on any atom is -0.305 e. The Hall–Kier alpha value is -0.900. The van der Waals surface area contributed by atoms with Crippen molar-refractivity contribution in [3.63, 3.8) is 0 Å². The summed E-state index contributed by atoms with van der Waals surface area (Å²) in [5.74, 6) is 0.352. The Labute approximate surface area is 134 Å². The van der Waals surface area contributed by atoms with E-state index in [0.717, 1.165) is 5.56 Å². The smallest absolute Gasteiger partial charge is 0.142 e. The summed E-state index contributed by atoms with van der Waals surface area (Å²) in [5, 5.41) is 5.94. The third kappa shape index (κ3) is 3.65. The van der Waals surface area contributed by atoms with Gasteiger partial charge in [0.15, 0.2) is 0 Å². The van der Waals surface area contributed by atoms with Gasteiger partial charge in [-0.1, -0.05) is 36.6 Å². The van der Waals surface area contributed by atoms with Crippen LogP contribution in [0.2, 0.25) is 5.02 Å². The molecule has 21 heavy (non-hydrogen) atoms. The summed E-state index contributed by atoms with van der Waals surface area (Å²) in [6, 6.07) is 9.72. The predicted octanol–water partition coefficient (Wildman–Crippen LogP) is 5.56. The summed E-state index contributed by atoms with van der Waals surface area (Å²) in [5.41, 5.74) is 0.941. The summed E-state index contributed by atoms with van der Waals surface area (Å²) < 4.78 is 13.5. The van der Waals surface area contributed by atoms with Crippen molar-refractivity contribution in [1.29, 1.82) is 0 Å². The van der Waals surface area contributed by atoms with Crippen molar-refractivity contribution in [2.45, 2.75) is 38.3 Å². The van der Waals surface area contributed by atoms with Crippen LogP contribution < -0.4 is 5.32 Å². The molecule has 1 nitrogen and oxygen atoms in total. The van der Waals surface area contributed by atoms with Crippen LogP contribution in [0.1, 0.15) is 42.2 Å². The molecule has 0 amide bonds. The van der Waals surface area contributed by atoms with Crippen molar-refractivity contribution >= 4 is 22.9 Å². The molecule has 4 heteroatoms. The molecule has 1 atom stereocenters. The number of rotatable bonds is 5. The Bertz CT molecular complexity index is 578. The molecule has 1 aliphatic carbocycles. The monoisotopic (exact) mass is 323 g/mol. The standard InChI is InChI=1S/C17H19ClFNS/c18-14-8-7-12(10-15(14)19)11-20-17(13-4-1-2-5-13)16-6-3-9-21-16/h3,6-10,13,17,20H,1-2,4-5,11H2. The van der Waals surface area contributed by atoms with Gasteiger partial charge >= 0.3 is 0 Å². The van der Waals surface area contributed by atoms with E-state index in [-0.39, 0.29) is 10.8 Å². The second-order valence-electron chi connectivity index (χ2n) is 5.67. The SMILES string of the molecule is Fc1cc(CNC(c2cccs2)C2CCCC2)ccc1Cl. The first kappa shape index (κ1) is 15.0. The number of hydrogen-bond acceptors (Lipinski definition) is 2. The van der Waals surface area contributed by atoms with Gasteiger partial charge in [0.25, 0.3) is 0 Å². The maximum atomic E-state index is 13.5.